The first-order valence-electron chi connectivity index (χ1n) is 6.27. The van der Waals surface area contributed by atoms with Gasteiger partial charge in [0.25, 0.3) is 5.91 Å². The Morgan fingerprint density at radius 2 is 2.14 bits per heavy atom. The summed E-state index contributed by atoms with van der Waals surface area (Å²) in [5, 5.41) is 5.44. The second-order valence-electron chi connectivity index (χ2n) is 4.34. The van der Waals surface area contributed by atoms with Crippen molar-refractivity contribution in [1.82, 2.24) is 10.0 Å². The van der Waals surface area contributed by atoms with Crippen molar-refractivity contribution in [3.8, 4) is 11.5 Å². The van der Waals surface area contributed by atoms with Gasteiger partial charge in [-0.25, -0.2) is 13.1 Å². The molecule has 2 rings (SSSR count). The summed E-state index contributed by atoms with van der Waals surface area (Å²) in [6, 6.07) is 2.77. The van der Waals surface area contributed by atoms with Crippen LogP contribution in [0.15, 0.2) is 17.0 Å². The molecule has 0 aromatic heterocycles. The Morgan fingerprint density at radius 1 is 1.38 bits per heavy atom. The van der Waals surface area contributed by atoms with Crippen molar-refractivity contribution >= 4 is 21.6 Å². The van der Waals surface area contributed by atoms with Crippen LogP contribution in [0.2, 0.25) is 0 Å². The molecule has 1 aromatic carbocycles. The van der Waals surface area contributed by atoms with Gasteiger partial charge in [-0.3, -0.25) is 4.79 Å². The maximum atomic E-state index is 12.3. The topological polar surface area (TPSA) is 106 Å². The fraction of sp³-hybridized carbons (Fsp3) is 0.417. The number of nitrogens with one attached hydrogen (secondary N) is 3. The number of rotatable bonds is 6. The molecule has 116 valence electrons. The number of benzene rings is 1. The first-order chi connectivity index (χ1) is 9.97. The van der Waals surface area contributed by atoms with E-state index in [0.29, 0.717) is 18.0 Å². The molecule has 1 aliphatic heterocycles. The minimum absolute atomic E-state index is 0.0315. The molecule has 1 heterocycles. The normalized spacial score (nSPS) is 14.1. The highest BCUT2D eigenvalue weighted by molar-refractivity contribution is 7.89. The van der Waals surface area contributed by atoms with E-state index in [0.717, 1.165) is 0 Å². The summed E-state index contributed by atoms with van der Waals surface area (Å²) in [7, 11) is -0.643. The number of sulfonamides is 1. The van der Waals surface area contributed by atoms with Crippen LogP contribution in [0.1, 0.15) is 0 Å². The van der Waals surface area contributed by atoms with Gasteiger partial charge in [-0.15, -0.1) is 0 Å². The van der Waals surface area contributed by atoms with Crippen LogP contribution in [0.5, 0.6) is 11.5 Å². The van der Waals surface area contributed by atoms with Crippen LogP contribution in [0, 0.1) is 0 Å². The summed E-state index contributed by atoms with van der Waals surface area (Å²) in [6.45, 7) is 0.599. The second kappa shape index (κ2) is 6.29. The van der Waals surface area contributed by atoms with Crippen LogP contribution in [-0.2, 0) is 14.8 Å². The molecule has 0 radical (unpaired) electrons. The van der Waals surface area contributed by atoms with E-state index in [9.17, 15) is 13.2 Å². The monoisotopic (exact) mass is 315 g/mol. The Labute approximate surface area is 122 Å². The smallest absolute Gasteiger partial charge is 0.262 e. The van der Waals surface area contributed by atoms with E-state index < -0.39 is 10.0 Å². The minimum Gasteiger partial charge on any atom is -0.495 e. The van der Waals surface area contributed by atoms with Gasteiger partial charge in [0.15, 0.2) is 6.61 Å². The molecule has 3 N–H and O–H groups in total. The van der Waals surface area contributed by atoms with E-state index in [2.05, 4.69) is 15.4 Å². The van der Waals surface area contributed by atoms with E-state index >= 15 is 0 Å². The molecular weight excluding hydrogens is 298 g/mol. The van der Waals surface area contributed by atoms with Gasteiger partial charge in [0, 0.05) is 25.2 Å². The van der Waals surface area contributed by atoms with E-state index in [-0.39, 0.29) is 29.7 Å². The van der Waals surface area contributed by atoms with Crippen molar-refractivity contribution in [3.05, 3.63) is 12.1 Å². The van der Waals surface area contributed by atoms with Crippen molar-refractivity contribution in [3.63, 3.8) is 0 Å². The first-order valence-corrected chi connectivity index (χ1v) is 7.75. The van der Waals surface area contributed by atoms with Crippen molar-refractivity contribution in [2.24, 2.45) is 0 Å². The number of carbonyl (C=O) groups excluding carboxylic acids is 1. The lowest BCUT2D eigenvalue weighted by atomic mass is 10.2. The SMILES string of the molecule is CNCCNS(=O)(=O)c1cc2c(cc1OC)NC(=O)CO2. The molecule has 0 saturated carbocycles. The van der Waals surface area contributed by atoms with Crippen LogP contribution in [0.3, 0.4) is 0 Å². The number of fused-ring (bicyclic) bond motifs is 1. The summed E-state index contributed by atoms with van der Waals surface area (Å²) in [4.78, 5) is 11.2. The molecule has 1 amide bonds. The van der Waals surface area contributed by atoms with Gasteiger partial charge in [0.05, 0.1) is 12.8 Å². The number of hydrogen-bond donors (Lipinski definition) is 3. The zero-order valence-corrected chi connectivity index (χ0v) is 12.5. The lowest BCUT2D eigenvalue weighted by molar-refractivity contribution is -0.118. The van der Waals surface area contributed by atoms with Gasteiger partial charge in [0.2, 0.25) is 10.0 Å². The van der Waals surface area contributed by atoms with Crippen LogP contribution >= 0.6 is 0 Å². The number of carbonyl (C=O) groups is 1. The van der Waals surface area contributed by atoms with Crippen LogP contribution in [-0.4, -0.2) is 48.2 Å². The highest BCUT2D eigenvalue weighted by Gasteiger charge is 2.25. The first kappa shape index (κ1) is 15.5. The number of likely N-dealkylation sites (N-methyl/N-ethyl adjacent to an activating group) is 1. The Kier molecular flexibility index (Phi) is 4.66. The van der Waals surface area contributed by atoms with Crippen molar-refractivity contribution in [2.45, 2.75) is 4.90 Å². The summed E-state index contributed by atoms with van der Waals surface area (Å²) in [5.41, 5.74) is 0.386. The Hall–Kier alpha value is -1.84. The third-order valence-electron chi connectivity index (χ3n) is 2.86. The van der Waals surface area contributed by atoms with Crippen LogP contribution < -0.4 is 24.8 Å². The molecule has 0 unspecified atom stereocenters. The summed E-state index contributed by atoms with van der Waals surface area (Å²) in [5.74, 6) is 0.133. The predicted molar refractivity (Wildman–Crippen MR) is 76.2 cm³/mol. The molecule has 0 fully saturated rings. The number of hydrogen-bond acceptors (Lipinski definition) is 6. The number of amides is 1. The Morgan fingerprint density at radius 3 is 2.81 bits per heavy atom. The highest BCUT2D eigenvalue weighted by atomic mass is 32.2. The summed E-state index contributed by atoms with van der Waals surface area (Å²) in [6.07, 6.45) is 0. The largest absolute Gasteiger partial charge is 0.495 e. The van der Waals surface area contributed by atoms with Crippen LogP contribution in [0.4, 0.5) is 5.69 Å². The third-order valence-corrected chi connectivity index (χ3v) is 4.34. The molecule has 0 aliphatic carbocycles. The fourth-order valence-electron chi connectivity index (χ4n) is 1.85. The number of anilines is 1. The van der Waals surface area contributed by atoms with Gasteiger partial charge in [0.1, 0.15) is 16.4 Å². The lowest BCUT2D eigenvalue weighted by Crippen LogP contribution is -2.31. The molecular formula is C12H17N3O5S. The van der Waals surface area contributed by atoms with Gasteiger partial charge >= 0.3 is 0 Å². The molecule has 1 aromatic rings. The van der Waals surface area contributed by atoms with E-state index in [1.165, 1.54) is 19.2 Å². The van der Waals surface area contributed by atoms with Gasteiger partial charge in [-0.1, -0.05) is 0 Å². The predicted octanol–water partition coefficient (Wildman–Crippen LogP) is -0.476. The Balaban J connectivity index is 2.37. The maximum absolute atomic E-state index is 12.3. The van der Waals surface area contributed by atoms with Gasteiger partial charge in [-0.05, 0) is 7.05 Å². The van der Waals surface area contributed by atoms with Gasteiger partial charge in [-0.2, -0.15) is 0 Å². The third kappa shape index (κ3) is 3.43. The molecule has 9 heteroatoms. The average molecular weight is 315 g/mol. The quantitative estimate of drug-likeness (QED) is 0.613. The maximum Gasteiger partial charge on any atom is 0.262 e. The van der Waals surface area contributed by atoms with Gasteiger partial charge < -0.3 is 20.1 Å². The zero-order chi connectivity index (χ0) is 15.5. The van der Waals surface area contributed by atoms with E-state index in [1.54, 1.807) is 7.05 Å². The van der Waals surface area contributed by atoms with Crippen molar-refractivity contribution in [2.75, 3.05) is 39.2 Å². The zero-order valence-electron chi connectivity index (χ0n) is 11.7. The number of methoxy groups -OCH3 is 1. The molecule has 0 bridgehead atoms. The standard InChI is InChI=1S/C12H17N3O5S/c1-13-3-4-14-21(17,18)11-6-9-8(5-10(11)19-2)15-12(16)7-20-9/h5-6,13-14H,3-4,7H2,1-2H3,(H,15,16). The molecule has 1 aliphatic rings. The lowest BCUT2D eigenvalue weighted by Gasteiger charge is -2.20. The summed E-state index contributed by atoms with van der Waals surface area (Å²) >= 11 is 0. The van der Waals surface area contributed by atoms with Crippen LogP contribution in [0.25, 0.3) is 0 Å². The molecule has 8 nitrogen and oxygen atoms in total. The minimum atomic E-state index is -3.73. The van der Waals surface area contributed by atoms with E-state index in [4.69, 9.17) is 9.47 Å². The highest BCUT2D eigenvalue weighted by Crippen LogP contribution is 2.36. The average Bonchev–Trinajstić information content (AvgIpc) is 2.45. The van der Waals surface area contributed by atoms with Crippen molar-refractivity contribution in [1.29, 1.82) is 0 Å². The van der Waals surface area contributed by atoms with Crippen molar-refractivity contribution < 1.29 is 22.7 Å². The molecule has 0 atom stereocenters. The second-order valence-corrected chi connectivity index (χ2v) is 6.07. The molecule has 21 heavy (non-hydrogen) atoms. The number of ether oxygens (including phenoxy) is 2. The summed E-state index contributed by atoms with van der Waals surface area (Å²) < 4.78 is 37.3. The fourth-order valence-corrected chi connectivity index (χ4v) is 3.04. The molecule has 0 saturated heterocycles. The Bertz CT molecular complexity index is 645. The molecule has 0 spiro atoms. The van der Waals surface area contributed by atoms with E-state index in [1.807, 2.05) is 0 Å².